The van der Waals surface area contributed by atoms with Crippen molar-refractivity contribution >= 4 is 42.2 Å². The molecule has 36 heavy (non-hydrogen) atoms. The van der Waals surface area contributed by atoms with Crippen LogP contribution in [0.2, 0.25) is 5.02 Å². The number of esters is 1. The van der Waals surface area contributed by atoms with Crippen molar-refractivity contribution in [2.75, 3.05) is 18.9 Å². The van der Waals surface area contributed by atoms with Gasteiger partial charge in [-0.15, -0.1) is 0 Å². The summed E-state index contributed by atoms with van der Waals surface area (Å²) in [6.45, 7) is 0.998. The molecule has 2 aromatic heterocycles. The van der Waals surface area contributed by atoms with Crippen LogP contribution in [0.4, 0.5) is 5.82 Å². The minimum Gasteiger partial charge on any atom is -0.457 e. The number of fused-ring (bicyclic) bond motifs is 1. The van der Waals surface area contributed by atoms with Gasteiger partial charge in [-0.1, -0.05) is 23.7 Å². The van der Waals surface area contributed by atoms with E-state index in [9.17, 15) is 14.5 Å². The number of aliphatic hydroxyl groups excluding tert-OH is 1. The van der Waals surface area contributed by atoms with E-state index in [0.29, 0.717) is 22.5 Å². The number of ether oxygens (including phenoxy) is 2. The Morgan fingerprint density at radius 1 is 1.36 bits per heavy atom. The third-order valence-electron chi connectivity index (χ3n) is 5.93. The lowest BCUT2D eigenvalue weighted by molar-refractivity contribution is -0.153. The third-order valence-corrected chi connectivity index (χ3v) is 7.64. The van der Waals surface area contributed by atoms with E-state index >= 15 is 0 Å². The Labute approximate surface area is 210 Å². The number of rotatable bonds is 6. The first kappa shape index (κ1) is 25.1. The smallest absolute Gasteiger partial charge is 0.457 e. The molecule has 3 N–H and O–H groups in total. The number of hydrogen-bond donors (Lipinski definition) is 2. The minimum atomic E-state index is -4.00. The van der Waals surface area contributed by atoms with E-state index < -0.39 is 44.4 Å². The van der Waals surface area contributed by atoms with Crippen molar-refractivity contribution in [3.63, 3.8) is 0 Å². The highest BCUT2D eigenvalue weighted by molar-refractivity contribution is 7.48. The van der Waals surface area contributed by atoms with Crippen LogP contribution >= 0.6 is 19.4 Å². The lowest BCUT2D eigenvalue weighted by atomic mass is 10.1. The van der Waals surface area contributed by atoms with Gasteiger partial charge in [0.2, 0.25) is 0 Å². The standard InChI is InChI=1S/C22H24ClN4O8P/c1-12(28)33-19-17(34-22(18(19)29)27-7-5-15-20(24)25-11-26-21(15)27)10-32-36(30)31-8-6-16(35-36)13-3-2-4-14(23)9-13/h2-5,7,9,11,16-19,22,29H,6,8,10H2,1H3,(H2,24,25,26)/t16-,17-,18-,19-,22-,36?/m1/s1. The lowest BCUT2D eigenvalue weighted by Gasteiger charge is -2.30. The fourth-order valence-electron chi connectivity index (χ4n) is 4.29. The van der Waals surface area contributed by atoms with E-state index in [4.69, 9.17) is 40.4 Å². The molecule has 6 atom stereocenters. The van der Waals surface area contributed by atoms with Crippen molar-refractivity contribution in [3.8, 4) is 0 Å². The topological polar surface area (TPSA) is 157 Å². The largest absolute Gasteiger partial charge is 0.475 e. The zero-order valence-electron chi connectivity index (χ0n) is 19.1. The van der Waals surface area contributed by atoms with Crippen molar-refractivity contribution in [1.29, 1.82) is 0 Å². The normalized spacial score (nSPS) is 30.5. The number of anilines is 1. The van der Waals surface area contributed by atoms with Gasteiger partial charge in [-0.25, -0.2) is 14.5 Å². The van der Waals surface area contributed by atoms with Crippen molar-refractivity contribution in [1.82, 2.24) is 14.5 Å². The summed E-state index contributed by atoms with van der Waals surface area (Å²) in [5, 5.41) is 12.1. The van der Waals surface area contributed by atoms with Gasteiger partial charge < -0.3 is 24.9 Å². The van der Waals surface area contributed by atoms with Gasteiger partial charge in [0.15, 0.2) is 12.3 Å². The first-order valence-corrected chi connectivity index (χ1v) is 13.0. The number of nitrogens with two attached hydrogens (primary N) is 1. The molecule has 4 heterocycles. The average molecular weight is 539 g/mol. The quantitative estimate of drug-likeness (QED) is 0.351. The van der Waals surface area contributed by atoms with Crippen LogP contribution in [-0.2, 0) is 32.4 Å². The fraction of sp³-hybridized carbons (Fsp3) is 0.409. The summed E-state index contributed by atoms with van der Waals surface area (Å²) in [6.07, 6.45) is -1.57. The summed E-state index contributed by atoms with van der Waals surface area (Å²) in [4.78, 5) is 19.9. The number of phosphoric ester groups is 1. The fourth-order valence-corrected chi connectivity index (χ4v) is 5.89. The van der Waals surface area contributed by atoms with Crippen molar-refractivity contribution < 1.29 is 37.5 Å². The van der Waals surface area contributed by atoms with Gasteiger partial charge in [-0.05, 0) is 23.8 Å². The molecule has 14 heteroatoms. The molecule has 12 nitrogen and oxygen atoms in total. The highest BCUT2D eigenvalue weighted by Gasteiger charge is 2.49. The van der Waals surface area contributed by atoms with Crippen LogP contribution in [0, 0.1) is 0 Å². The van der Waals surface area contributed by atoms with E-state index in [-0.39, 0.29) is 19.0 Å². The van der Waals surface area contributed by atoms with Gasteiger partial charge in [-0.2, -0.15) is 0 Å². The maximum absolute atomic E-state index is 13.2. The van der Waals surface area contributed by atoms with E-state index in [1.807, 2.05) is 6.07 Å². The monoisotopic (exact) mass is 538 g/mol. The molecule has 2 fully saturated rings. The van der Waals surface area contributed by atoms with Crippen molar-refractivity contribution in [2.24, 2.45) is 0 Å². The minimum absolute atomic E-state index is 0.134. The Hall–Kier alpha value is -2.57. The van der Waals surface area contributed by atoms with E-state index in [1.54, 1.807) is 35.0 Å². The number of halogens is 1. The second kappa shape index (κ2) is 10.1. The molecule has 5 rings (SSSR count). The number of benzene rings is 1. The number of carbonyl (C=O) groups is 1. The number of nitrogens with zero attached hydrogens (tertiary/aromatic N) is 3. The Balaban J connectivity index is 1.33. The maximum Gasteiger partial charge on any atom is 0.475 e. The van der Waals surface area contributed by atoms with Crippen LogP contribution < -0.4 is 5.73 Å². The van der Waals surface area contributed by atoms with Crippen molar-refractivity contribution in [2.45, 2.75) is 44.0 Å². The Morgan fingerprint density at radius 3 is 2.97 bits per heavy atom. The molecule has 0 radical (unpaired) electrons. The summed E-state index contributed by atoms with van der Waals surface area (Å²) >= 11 is 6.07. The number of aromatic nitrogens is 3. The second-order valence-corrected chi connectivity index (χ2v) is 10.4. The van der Waals surface area contributed by atoms with Crippen molar-refractivity contribution in [3.05, 3.63) is 53.4 Å². The Morgan fingerprint density at radius 2 is 2.19 bits per heavy atom. The SMILES string of the molecule is CC(=O)O[C@H]1[C@@H](O)[C@H](n2ccc3c(N)ncnc32)O[C@@H]1COP1(=O)OCC[C@H](c2cccc(Cl)c2)O1. The average Bonchev–Trinajstić information content (AvgIpc) is 3.40. The highest BCUT2D eigenvalue weighted by Crippen LogP contribution is 2.57. The van der Waals surface area contributed by atoms with Gasteiger partial charge >= 0.3 is 13.8 Å². The molecule has 2 saturated heterocycles. The molecule has 0 bridgehead atoms. The molecule has 192 valence electrons. The van der Waals surface area contributed by atoms with E-state index in [2.05, 4.69) is 9.97 Å². The zero-order chi connectivity index (χ0) is 25.4. The molecule has 0 aliphatic carbocycles. The van der Waals surface area contributed by atoms with E-state index in [1.165, 1.54) is 13.3 Å². The summed E-state index contributed by atoms with van der Waals surface area (Å²) in [5.41, 5.74) is 7.07. The number of nitrogen functional groups attached to an aromatic ring is 1. The van der Waals surface area contributed by atoms with Gasteiger partial charge in [0.25, 0.3) is 0 Å². The number of hydrogen-bond acceptors (Lipinski definition) is 11. The van der Waals surface area contributed by atoms with Gasteiger partial charge in [0, 0.05) is 24.6 Å². The molecule has 2 aliphatic rings. The van der Waals surface area contributed by atoms with Crippen LogP contribution in [-0.4, -0.2) is 57.1 Å². The molecule has 0 spiro atoms. The van der Waals surface area contributed by atoms with Gasteiger partial charge in [0.05, 0.1) is 24.7 Å². The van der Waals surface area contributed by atoms with Crippen LogP contribution in [0.25, 0.3) is 11.0 Å². The first-order chi connectivity index (χ1) is 17.2. The molecular formula is C22H24ClN4O8P. The molecule has 2 aliphatic heterocycles. The molecule has 1 aromatic carbocycles. The molecule has 1 unspecified atom stereocenters. The Kier molecular flexibility index (Phi) is 7.01. The number of phosphoric acid groups is 1. The molecule has 0 amide bonds. The summed E-state index contributed by atoms with van der Waals surface area (Å²) in [7, 11) is -4.00. The highest BCUT2D eigenvalue weighted by atomic mass is 35.5. The summed E-state index contributed by atoms with van der Waals surface area (Å²) < 4.78 is 42.7. The predicted octanol–water partition coefficient (Wildman–Crippen LogP) is 3.16. The molecular weight excluding hydrogens is 515 g/mol. The summed E-state index contributed by atoms with van der Waals surface area (Å²) in [5.74, 6) is -0.364. The van der Waals surface area contributed by atoms with Gasteiger partial charge in [-0.3, -0.25) is 18.4 Å². The van der Waals surface area contributed by atoms with Crippen LogP contribution in [0.3, 0.4) is 0 Å². The zero-order valence-corrected chi connectivity index (χ0v) is 20.7. The summed E-state index contributed by atoms with van der Waals surface area (Å²) in [6, 6.07) is 8.70. The van der Waals surface area contributed by atoms with E-state index in [0.717, 1.165) is 5.56 Å². The van der Waals surface area contributed by atoms with Crippen LogP contribution in [0.15, 0.2) is 42.9 Å². The number of aliphatic hydroxyl groups is 1. The maximum atomic E-state index is 13.2. The molecule has 3 aromatic rings. The Bertz CT molecular complexity index is 1320. The van der Waals surface area contributed by atoms with Gasteiger partial charge in [0.1, 0.15) is 30.0 Å². The van der Waals surface area contributed by atoms with Crippen LogP contribution in [0.1, 0.15) is 31.2 Å². The molecule has 0 saturated carbocycles. The third kappa shape index (κ3) is 4.98. The lowest BCUT2D eigenvalue weighted by Crippen LogP contribution is -2.38. The first-order valence-electron chi connectivity index (χ1n) is 11.1. The van der Waals surface area contributed by atoms with Crippen LogP contribution in [0.5, 0.6) is 0 Å². The number of carbonyl (C=O) groups excluding carboxylic acids is 1. The second-order valence-electron chi connectivity index (χ2n) is 8.36. The predicted molar refractivity (Wildman–Crippen MR) is 127 cm³/mol.